The van der Waals surface area contributed by atoms with E-state index in [2.05, 4.69) is 5.32 Å². The Hall–Kier alpha value is -2.89. The summed E-state index contributed by atoms with van der Waals surface area (Å²) in [6.45, 7) is 1.57. The predicted octanol–water partition coefficient (Wildman–Crippen LogP) is 6.03. The molecular weight excluding hydrogens is 404 g/mol. The molecule has 0 unspecified atom stereocenters. The maximum absolute atomic E-state index is 13.3. The van der Waals surface area contributed by atoms with Gasteiger partial charge in [-0.15, -0.1) is 0 Å². The topological polar surface area (TPSA) is 66.4 Å². The molecule has 0 aliphatic carbocycles. The van der Waals surface area contributed by atoms with Crippen LogP contribution in [-0.2, 0) is 4.79 Å². The third-order valence-electron chi connectivity index (χ3n) is 4.14. The molecule has 28 heavy (non-hydrogen) atoms. The minimum Gasteiger partial charge on any atom is -0.478 e. The van der Waals surface area contributed by atoms with Gasteiger partial charge < -0.3 is 10.4 Å². The van der Waals surface area contributed by atoms with Crippen LogP contribution in [0.1, 0.15) is 22.8 Å². The summed E-state index contributed by atoms with van der Waals surface area (Å²) in [5.74, 6) is -2.57. The molecule has 3 aromatic rings. The lowest BCUT2D eigenvalue weighted by Gasteiger charge is -2.10. The van der Waals surface area contributed by atoms with E-state index in [4.69, 9.17) is 23.2 Å². The zero-order chi connectivity index (χ0) is 20.4. The molecule has 0 aromatic heterocycles. The third-order valence-corrected chi connectivity index (χ3v) is 4.79. The molecule has 142 valence electrons. The van der Waals surface area contributed by atoms with Crippen molar-refractivity contribution in [2.24, 2.45) is 0 Å². The maximum atomic E-state index is 13.3. The summed E-state index contributed by atoms with van der Waals surface area (Å²) < 4.78 is 13.3. The lowest BCUT2D eigenvalue weighted by Crippen LogP contribution is -2.15. The molecule has 0 aliphatic heterocycles. The Morgan fingerprint density at radius 2 is 1.82 bits per heavy atom. The standard InChI is InChI=1S/C21H14Cl2FNO3/c1-11(20(26)25-18-7-5-15(24)10-17(18)21(27)28)8-13-3-2-12-9-14(22)4-6-16(12)19(13)23/h2-10H,1H3,(H,25,26)(H,27,28)/b11-8+. The molecule has 0 aliphatic rings. The highest BCUT2D eigenvalue weighted by Gasteiger charge is 2.15. The van der Waals surface area contributed by atoms with E-state index < -0.39 is 17.7 Å². The van der Waals surface area contributed by atoms with Gasteiger partial charge in [-0.05, 0) is 54.3 Å². The van der Waals surface area contributed by atoms with Crippen LogP contribution in [0.25, 0.3) is 16.8 Å². The number of amides is 1. The van der Waals surface area contributed by atoms with Gasteiger partial charge in [-0.2, -0.15) is 0 Å². The number of hydrogen-bond donors (Lipinski definition) is 2. The van der Waals surface area contributed by atoms with Crippen LogP contribution in [0.5, 0.6) is 0 Å². The van der Waals surface area contributed by atoms with Crippen molar-refractivity contribution in [1.82, 2.24) is 0 Å². The first-order chi connectivity index (χ1) is 13.3. The number of hydrogen-bond acceptors (Lipinski definition) is 2. The fraction of sp³-hybridized carbons (Fsp3) is 0.0476. The number of carbonyl (C=O) groups excluding carboxylic acids is 1. The van der Waals surface area contributed by atoms with Gasteiger partial charge in [-0.1, -0.05) is 41.4 Å². The maximum Gasteiger partial charge on any atom is 0.337 e. The van der Waals surface area contributed by atoms with Crippen LogP contribution >= 0.6 is 23.2 Å². The second kappa shape index (κ2) is 8.00. The Morgan fingerprint density at radius 1 is 1.07 bits per heavy atom. The van der Waals surface area contributed by atoms with Crippen molar-refractivity contribution < 1.29 is 19.1 Å². The molecule has 7 heteroatoms. The fourth-order valence-electron chi connectivity index (χ4n) is 2.71. The molecule has 3 aromatic carbocycles. The number of benzene rings is 3. The highest BCUT2D eigenvalue weighted by atomic mass is 35.5. The molecule has 4 nitrogen and oxygen atoms in total. The number of anilines is 1. The molecule has 0 fully saturated rings. The van der Waals surface area contributed by atoms with Crippen molar-refractivity contribution in [2.75, 3.05) is 5.32 Å². The Bertz CT molecular complexity index is 1140. The van der Waals surface area contributed by atoms with E-state index in [1.807, 2.05) is 6.07 Å². The van der Waals surface area contributed by atoms with Gasteiger partial charge in [-0.25, -0.2) is 9.18 Å². The lowest BCUT2D eigenvalue weighted by molar-refractivity contribution is -0.112. The molecule has 0 radical (unpaired) electrons. The van der Waals surface area contributed by atoms with Gasteiger partial charge in [-0.3, -0.25) is 4.79 Å². The van der Waals surface area contributed by atoms with E-state index in [0.717, 1.165) is 22.9 Å². The zero-order valence-corrected chi connectivity index (χ0v) is 16.1. The smallest absolute Gasteiger partial charge is 0.337 e. The lowest BCUT2D eigenvalue weighted by atomic mass is 10.0. The first-order valence-corrected chi connectivity index (χ1v) is 8.92. The molecule has 0 bridgehead atoms. The Balaban J connectivity index is 1.91. The fourth-order valence-corrected chi connectivity index (χ4v) is 3.18. The molecule has 0 saturated carbocycles. The second-order valence-corrected chi connectivity index (χ2v) is 6.93. The van der Waals surface area contributed by atoms with Gasteiger partial charge >= 0.3 is 5.97 Å². The summed E-state index contributed by atoms with van der Waals surface area (Å²) in [6, 6.07) is 12.0. The SMILES string of the molecule is C/C(=C\c1ccc2cc(Cl)ccc2c1Cl)C(=O)Nc1ccc(F)cc1C(=O)O. The minimum absolute atomic E-state index is 0.00546. The number of carboxylic acids is 1. The number of aromatic carboxylic acids is 1. The largest absolute Gasteiger partial charge is 0.478 e. The van der Waals surface area contributed by atoms with E-state index in [-0.39, 0.29) is 11.3 Å². The number of carboxylic acid groups (broad SMARTS) is 1. The van der Waals surface area contributed by atoms with Gasteiger partial charge in [0.1, 0.15) is 5.82 Å². The Labute approximate surface area is 170 Å². The van der Waals surface area contributed by atoms with Crippen molar-refractivity contribution in [3.8, 4) is 0 Å². The van der Waals surface area contributed by atoms with Crippen LogP contribution in [0, 0.1) is 5.82 Å². The molecular formula is C21H14Cl2FNO3. The zero-order valence-electron chi connectivity index (χ0n) is 14.6. The average Bonchev–Trinajstić information content (AvgIpc) is 2.65. The van der Waals surface area contributed by atoms with Gasteiger partial charge in [0, 0.05) is 16.0 Å². The predicted molar refractivity (Wildman–Crippen MR) is 110 cm³/mol. The molecule has 2 N–H and O–H groups in total. The molecule has 0 spiro atoms. The summed E-state index contributed by atoms with van der Waals surface area (Å²) >= 11 is 12.4. The average molecular weight is 418 g/mol. The number of halogens is 3. The van der Waals surface area contributed by atoms with Crippen molar-refractivity contribution in [3.05, 3.63) is 81.1 Å². The van der Waals surface area contributed by atoms with Crippen molar-refractivity contribution in [2.45, 2.75) is 6.92 Å². The summed E-state index contributed by atoms with van der Waals surface area (Å²) in [4.78, 5) is 23.7. The van der Waals surface area contributed by atoms with Crippen LogP contribution in [-0.4, -0.2) is 17.0 Å². The van der Waals surface area contributed by atoms with Crippen LogP contribution in [0.2, 0.25) is 10.0 Å². The highest BCUT2D eigenvalue weighted by Crippen LogP contribution is 2.30. The van der Waals surface area contributed by atoms with Gasteiger partial charge in [0.25, 0.3) is 5.91 Å². The van der Waals surface area contributed by atoms with E-state index in [9.17, 15) is 19.1 Å². The summed E-state index contributed by atoms with van der Waals surface area (Å²) in [7, 11) is 0. The summed E-state index contributed by atoms with van der Waals surface area (Å²) in [5.41, 5.74) is 0.602. The summed E-state index contributed by atoms with van der Waals surface area (Å²) in [6.07, 6.45) is 1.59. The van der Waals surface area contributed by atoms with Crippen molar-refractivity contribution >= 4 is 57.6 Å². The molecule has 0 saturated heterocycles. The minimum atomic E-state index is -1.34. The third kappa shape index (κ3) is 4.16. The van der Waals surface area contributed by atoms with Crippen LogP contribution in [0.3, 0.4) is 0 Å². The molecule has 1 amide bonds. The molecule has 0 heterocycles. The van der Waals surface area contributed by atoms with Gasteiger partial charge in [0.05, 0.1) is 16.3 Å². The number of nitrogens with one attached hydrogen (secondary N) is 1. The number of fused-ring (bicyclic) bond motifs is 1. The van der Waals surface area contributed by atoms with E-state index in [0.29, 0.717) is 21.2 Å². The Kier molecular flexibility index (Phi) is 5.68. The highest BCUT2D eigenvalue weighted by molar-refractivity contribution is 6.38. The number of rotatable bonds is 4. The van der Waals surface area contributed by atoms with Crippen LogP contribution < -0.4 is 5.32 Å². The van der Waals surface area contributed by atoms with Crippen LogP contribution in [0.15, 0.2) is 54.1 Å². The first-order valence-electron chi connectivity index (χ1n) is 8.16. The van der Waals surface area contributed by atoms with Gasteiger partial charge in [0.2, 0.25) is 0 Å². The molecule has 3 rings (SSSR count). The van der Waals surface area contributed by atoms with E-state index >= 15 is 0 Å². The quantitative estimate of drug-likeness (QED) is 0.509. The monoisotopic (exact) mass is 417 g/mol. The first kappa shape index (κ1) is 19.9. The van der Waals surface area contributed by atoms with Crippen LogP contribution in [0.4, 0.5) is 10.1 Å². The Morgan fingerprint density at radius 3 is 2.54 bits per heavy atom. The normalized spacial score (nSPS) is 11.5. The van der Waals surface area contributed by atoms with Gasteiger partial charge in [0.15, 0.2) is 0 Å². The van der Waals surface area contributed by atoms with Crippen molar-refractivity contribution in [3.63, 3.8) is 0 Å². The van der Waals surface area contributed by atoms with E-state index in [1.165, 1.54) is 6.07 Å². The van der Waals surface area contributed by atoms with Crippen molar-refractivity contribution in [1.29, 1.82) is 0 Å². The second-order valence-electron chi connectivity index (χ2n) is 6.11. The number of carbonyl (C=O) groups is 2. The molecule has 0 atom stereocenters. The summed E-state index contributed by atoms with van der Waals surface area (Å²) in [5, 5.41) is 14.4. The van der Waals surface area contributed by atoms with E-state index in [1.54, 1.807) is 37.3 Å².